The number of piperidine rings is 1. The number of hydrogen-bond donors (Lipinski definition) is 1. The second kappa shape index (κ2) is 7.15. The van der Waals surface area contributed by atoms with Crippen LogP contribution in [0.25, 0.3) is 10.9 Å². The predicted molar refractivity (Wildman–Crippen MR) is 100 cm³/mol. The van der Waals surface area contributed by atoms with Crippen molar-refractivity contribution >= 4 is 22.6 Å². The molecule has 0 saturated carbocycles. The Kier molecular flexibility index (Phi) is 4.56. The number of benzene rings is 1. The number of pyridine rings is 1. The van der Waals surface area contributed by atoms with Crippen LogP contribution in [0.1, 0.15) is 41.9 Å². The average molecular weight is 350 g/mol. The third-order valence-corrected chi connectivity index (χ3v) is 4.89. The number of imidazole rings is 1. The van der Waals surface area contributed by atoms with Crippen LogP contribution in [-0.2, 0) is 4.74 Å². The number of hydrogen-bond acceptors (Lipinski definition) is 5. The van der Waals surface area contributed by atoms with Crippen LogP contribution in [0, 0.1) is 0 Å². The van der Waals surface area contributed by atoms with Crippen molar-refractivity contribution in [2.75, 3.05) is 24.6 Å². The number of esters is 1. The van der Waals surface area contributed by atoms with Crippen molar-refractivity contribution in [1.29, 1.82) is 0 Å². The lowest BCUT2D eigenvalue weighted by Crippen LogP contribution is -2.36. The van der Waals surface area contributed by atoms with Gasteiger partial charge in [0.1, 0.15) is 11.4 Å². The third kappa shape index (κ3) is 3.03. The van der Waals surface area contributed by atoms with E-state index in [1.54, 1.807) is 12.4 Å². The van der Waals surface area contributed by atoms with E-state index in [0.717, 1.165) is 48.3 Å². The molecule has 0 aliphatic carbocycles. The van der Waals surface area contributed by atoms with Crippen molar-refractivity contribution < 1.29 is 9.53 Å². The summed E-state index contributed by atoms with van der Waals surface area (Å²) in [5, 5.41) is 0.984. The number of para-hydroxylation sites is 1. The van der Waals surface area contributed by atoms with Gasteiger partial charge in [-0.2, -0.15) is 0 Å². The molecule has 0 spiro atoms. The number of nitrogens with one attached hydrogen (secondary N) is 1. The molecule has 6 nitrogen and oxygen atoms in total. The minimum absolute atomic E-state index is 0.319. The van der Waals surface area contributed by atoms with Crippen molar-refractivity contribution in [3.05, 3.63) is 54.2 Å². The first kappa shape index (κ1) is 16.6. The fraction of sp³-hybridized carbons (Fsp3) is 0.350. The highest BCUT2D eigenvalue weighted by Crippen LogP contribution is 2.35. The summed E-state index contributed by atoms with van der Waals surface area (Å²) in [4.78, 5) is 27.0. The quantitative estimate of drug-likeness (QED) is 0.729. The average Bonchev–Trinajstić information content (AvgIpc) is 3.22. The van der Waals surface area contributed by atoms with Crippen LogP contribution < -0.4 is 4.90 Å². The molecule has 1 aromatic carbocycles. The summed E-state index contributed by atoms with van der Waals surface area (Å²) in [6.07, 6.45) is 7.43. The summed E-state index contributed by atoms with van der Waals surface area (Å²) in [6, 6.07) is 7.94. The number of anilines is 1. The zero-order chi connectivity index (χ0) is 17.9. The van der Waals surface area contributed by atoms with Gasteiger partial charge >= 0.3 is 5.97 Å². The van der Waals surface area contributed by atoms with Crippen molar-refractivity contribution in [2.24, 2.45) is 0 Å². The largest absolute Gasteiger partial charge is 0.462 e. The van der Waals surface area contributed by atoms with Crippen LogP contribution in [0.3, 0.4) is 0 Å². The maximum absolute atomic E-state index is 12.6. The number of carbonyl (C=O) groups excluding carboxylic acids is 1. The van der Waals surface area contributed by atoms with Crippen LogP contribution in [0.4, 0.5) is 5.69 Å². The summed E-state index contributed by atoms with van der Waals surface area (Å²) >= 11 is 0. The van der Waals surface area contributed by atoms with Crippen molar-refractivity contribution in [2.45, 2.75) is 25.7 Å². The molecule has 0 bridgehead atoms. The zero-order valence-corrected chi connectivity index (χ0v) is 14.8. The summed E-state index contributed by atoms with van der Waals surface area (Å²) in [5.74, 6) is 1.01. The summed E-state index contributed by atoms with van der Waals surface area (Å²) in [7, 11) is 0. The van der Waals surface area contributed by atoms with Gasteiger partial charge in [-0.3, -0.25) is 4.98 Å². The van der Waals surface area contributed by atoms with Gasteiger partial charge in [-0.15, -0.1) is 0 Å². The molecule has 26 heavy (non-hydrogen) atoms. The maximum atomic E-state index is 12.6. The highest BCUT2D eigenvalue weighted by Gasteiger charge is 2.28. The second-order valence-electron chi connectivity index (χ2n) is 6.52. The highest BCUT2D eigenvalue weighted by molar-refractivity contribution is 6.05. The number of aromatic amines is 1. The van der Waals surface area contributed by atoms with Gasteiger partial charge in [0.25, 0.3) is 0 Å². The zero-order valence-electron chi connectivity index (χ0n) is 14.8. The van der Waals surface area contributed by atoms with E-state index < -0.39 is 0 Å². The first-order valence-corrected chi connectivity index (χ1v) is 9.07. The Morgan fingerprint density at radius 3 is 3.04 bits per heavy atom. The summed E-state index contributed by atoms with van der Waals surface area (Å²) in [5.41, 5.74) is 2.34. The lowest BCUT2D eigenvalue weighted by Gasteiger charge is -2.35. The lowest BCUT2D eigenvalue weighted by molar-refractivity contribution is 0.0526. The Bertz CT molecular complexity index is 907. The maximum Gasteiger partial charge on any atom is 0.341 e. The number of ether oxygens (including phenoxy) is 1. The number of aromatic nitrogens is 3. The Balaban J connectivity index is 1.78. The Morgan fingerprint density at radius 1 is 1.35 bits per heavy atom. The van der Waals surface area contributed by atoms with E-state index in [2.05, 4.69) is 19.9 Å². The topological polar surface area (TPSA) is 71.1 Å². The van der Waals surface area contributed by atoms with Crippen molar-refractivity contribution in [3.63, 3.8) is 0 Å². The van der Waals surface area contributed by atoms with Crippen LogP contribution in [0.15, 0.2) is 42.9 Å². The molecule has 1 aliphatic heterocycles. The smallest absolute Gasteiger partial charge is 0.341 e. The molecule has 134 valence electrons. The van der Waals surface area contributed by atoms with E-state index >= 15 is 0 Å². The second-order valence-corrected chi connectivity index (χ2v) is 6.52. The molecule has 1 atom stereocenters. The third-order valence-electron chi connectivity index (χ3n) is 4.89. The lowest BCUT2D eigenvalue weighted by atomic mass is 9.95. The molecule has 1 aliphatic rings. The SMILES string of the molecule is CCOC(=O)c1cnc2ccccc2c1N1CCCC(c2ncc[nH]2)C1. The van der Waals surface area contributed by atoms with Gasteiger partial charge in [-0.25, -0.2) is 9.78 Å². The highest BCUT2D eigenvalue weighted by atomic mass is 16.5. The summed E-state index contributed by atoms with van der Waals surface area (Å²) < 4.78 is 5.28. The molecule has 1 N–H and O–H groups in total. The van der Waals surface area contributed by atoms with Gasteiger partial charge in [-0.1, -0.05) is 18.2 Å². The molecular formula is C20H22N4O2. The van der Waals surface area contributed by atoms with E-state index in [1.165, 1.54) is 0 Å². The molecule has 1 unspecified atom stereocenters. The van der Waals surface area contributed by atoms with E-state index in [9.17, 15) is 4.79 Å². The van der Waals surface area contributed by atoms with E-state index in [-0.39, 0.29) is 5.97 Å². The monoisotopic (exact) mass is 350 g/mol. The predicted octanol–water partition coefficient (Wildman–Crippen LogP) is 3.52. The Morgan fingerprint density at radius 2 is 2.23 bits per heavy atom. The molecule has 3 aromatic rings. The van der Waals surface area contributed by atoms with Crippen LogP contribution >= 0.6 is 0 Å². The summed E-state index contributed by atoms with van der Waals surface area (Å²) in [6.45, 7) is 3.88. The number of carbonyl (C=O) groups is 1. The molecule has 0 radical (unpaired) electrons. The number of fused-ring (bicyclic) bond motifs is 1. The standard InChI is InChI=1S/C20H22N4O2/c1-2-26-20(25)16-12-23-17-8-4-3-7-15(17)18(16)24-11-5-6-14(13-24)19-21-9-10-22-19/h3-4,7-10,12,14H,2,5-6,11,13H2,1H3,(H,21,22). The normalized spacial score (nSPS) is 17.4. The van der Waals surface area contributed by atoms with Gasteiger partial charge in [0.2, 0.25) is 0 Å². The molecular weight excluding hydrogens is 328 g/mol. The Hall–Kier alpha value is -2.89. The molecule has 0 amide bonds. The number of nitrogens with zero attached hydrogens (tertiary/aromatic N) is 3. The molecule has 6 heteroatoms. The van der Waals surface area contributed by atoms with E-state index in [1.807, 2.05) is 37.4 Å². The van der Waals surface area contributed by atoms with Crippen LogP contribution in [0.5, 0.6) is 0 Å². The van der Waals surface area contributed by atoms with Crippen molar-refractivity contribution in [1.82, 2.24) is 15.0 Å². The van der Waals surface area contributed by atoms with Gasteiger partial charge < -0.3 is 14.6 Å². The van der Waals surface area contributed by atoms with Gasteiger partial charge in [0.15, 0.2) is 0 Å². The number of H-pyrrole nitrogens is 1. The van der Waals surface area contributed by atoms with Gasteiger partial charge in [0, 0.05) is 43.0 Å². The van der Waals surface area contributed by atoms with Gasteiger partial charge in [0.05, 0.1) is 17.8 Å². The molecule has 3 heterocycles. The molecule has 2 aromatic heterocycles. The minimum atomic E-state index is -0.319. The van der Waals surface area contributed by atoms with E-state index in [4.69, 9.17) is 4.74 Å². The van der Waals surface area contributed by atoms with Crippen LogP contribution in [0.2, 0.25) is 0 Å². The first-order valence-electron chi connectivity index (χ1n) is 9.07. The fourth-order valence-corrected chi connectivity index (χ4v) is 3.73. The van der Waals surface area contributed by atoms with Crippen LogP contribution in [-0.4, -0.2) is 40.6 Å². The molecule has 4 rings (SSSR count). The molecule has 1 saturated heterocycles. The van der Waals surface area contributed by atoms with E-state index in [0.29, 0.717) is 18.1 Å². The van der Waals surface area contributed by atoms with Crippen molar-refractivity contribution in [3.8, 4) is 0 Å². The molecule has 1 fully saturated rings. The Labute approximate surface area is 152 Å². The minimum Gasteiger partial charge on any atom is -0.462 e. The van der Waals surface area contributed by atoms with Gasteiger partial charge in [-0.05, 0) is 25.8 Å². The first-order chi connectivity index (χ1) is 12.8. The number of rotatable bonds is 4. The fourth-order valence-electron chi connectivity index (χ4n) is 3.73.